The van der Waals surface area contributed by atoms with E-state index in [4.69, 9.17) is 4.65 Å². The van der Waals surface area contributed by atoms with Crippen molar-refractivity contribution in [1.82, 2.24) is 0 Å². The van der Waals surface area contributed by atoms with Crippen molar-refractivity contribution in [2.45, 2.75) is 64.7 Å². The maximum Gasteiger partial charge on any atom is 0.216 e. The highest BCUT2D eigenvalue weighted by Gasteiger charge is 2.47. The average Bonchev–Trinajstić information content (AvgIpc) is 2.90. The first-order valence-corrected chi connectivity index (χ1v) is 15.5. The van der Waals surface area contributed by atoms with Gasteiger partial charge in [0.15, 0.2) is 34.9 Å². The van der Waals surface area contributed by atoms with E-state index in [0.717, 1.165) is 0 Å². The van der Waals surface area contributed by atoms with Crippen LogP contribution in [0.15, 0.2) is 18.2 Å². The van der Waals surface area contributed by atoms with Crippen molar-refractivity contribution in [3.8, 4) is 0 Å². The van der Waals surface area contributed by atoms with Crippen LogP contribution in [0.5, 0.6) is 0 Å². The first-order chi connectivity index (χ1) is 20.6. The molecule has 248 valence electrons. The van der Waals surface area contributed by atoms with E-state index in [2.05, 4.69) is 0 Å². The van der Waals surface area contributed by atoms with Crippen molar-refractivity contribution in [3.05, 3.63) is 88.0 Å². The number of halogens is 12. The van der Waals surface area contributed by atoms with Gasteiger partial charge in [0, 0.05) is 32.7 Å². The van der Waals surface area contributed by atoms with Gasteiger partial charge in [-0.15, -0.1) is 0 Å². The van der Waals surface area contributed by atoms with Gasteiger partial charge < -0.3 is 4.65 Å². The minimum absolute atomic E-state index is 0.167. The number of unbranched alkanes of at least 4 members (excludes halogenated alkanes) is 1. The Bertz CT molecular complexity index is 1350. The van der Waals surface area contributed by atoms with Crippen molar-refractivity contribution in [2.24, 2.45) is 0 Å². The lowest BCUT2D eigenvalue weighted by Gasteiger charge is -2.44. The fourth-order valence-electron chi connectivity index (χ4n) is 6.07. The van der Waals surface area contributed by atoms with Gasteiger partial charge in [-0.3, -0.25) is 0 Å². The summed E-state index contributed by atoms with van der Waals surface area (Å²) in [6, 6.07) is -1.14. The lowest BCUT2D eigenvalue weighted by molar-refractivity contribution is 0.307. The van der Waals surface area contributed by atoms with E-state index in [0.29, 0.717) is 6.16 Å². The van der Waals surface area contributed by atoms with Crippen LogP contribution in [-0.2, 0) is 4.65 Å². The lowest BCUT2D eigenvalue weighted by Crippen LogP contribution is -2.75. The van der Waals surface area contributed by atoms with Crippen molar-refractivity contribution in [3.63, 3.8) is 0 Å². The predicted molar refractivity (Wildman–Crippen MR) is 151 cm³/mol. The van der Waals surface area contributed by atoms with E-state index in [9.17, 15) is 26.3 Å². The van der Waals surface area contributed by atoms with Crippen molar-refractivity contribution < 1.29 is 57.3 Å². The predicted octanol–water partition coefficient (Wildman–Crippen LogP) is 7.93. The van der Waals surface area contributed by atoms with Crippen molar-refractivity contribution in [2.75, 3.05) is 12.8 Å². The fraction of sp³-hybridized carbons (Fsp3) is 0.400. The minimum atomic E-state index is -5.45. The molecule has 0 amide bonds. The van der Waals surface area contributed by atoms with E-state index >= 15 is 26.3 Å². The summed E-state index contributed by atoms with van der Waals surface area (Å²) in [5.41, 5.74) is -6.90. The molecule has 0 atom stereocenters. The standard InChI is InChI=1S/C30H29BF12OP/c1-29(2,3)45(30(4,5)6)10-8-7-9-44-31(20-23(38)14(32)11-15(33)24(20)39,21-25(40)16(34)12-17(35)26(21)41)22-27(42)18(36)13-19(37)28(22)43/h11-13H,7-10H2,1-6H3/q-1/p+1. The van der Waals surface area contributed by atoms with Crippen LogP contribution < -0.4 is 16.4 Å². The van der Waals surface area contributed by atoms with Gasteiger partial charge in [0.05, 0.1) is 16.5 Å². The summed E-state index contributed by atoms with van der Waals surface area (Å²) in [5, 5.41) is -0.334. The molecule has 0 saturated carbocycles. The smallest absolute Gasteiger partial charge is 0.216 e. The lowest BCUT2D eigenvalue weighted by atomic mass is 9.27. The number of rotatable bonds is 9. The van der Waals surface area contributed by atoms with Gasteiger partial charge in [-0.25, -0.2) is 52.7 Å². The molecular formula is C30H30BF12OP. The largest absolute Gasteiger partial charge is 0.579 e. The Balaban J connectivity index is 2.42. The molecule has 45 heavy (non-hydrogen) atoms. The molecule has 0 heterocycles. The van der Waals surface area contributed by atoms with E-state index in [-0.39, 0.29) is 41.4 Å². The molecule has 0 fully saturated rings. The Labute approximate surface area is 253 Å². The third-order valence-electron chi connectivity index (χ3n) is 7.66. The van der Waals surface area contributed by atoms with Gasteiger partial charge in [0.2, 0.25) is 6.35 Å². The molecule has 0 aliphatic rings. The fourth-order valence-corrected chi connectivity index (χ4v) is 10.4. The summed E-state index contributed by atoms with van der Waals surface area (Å²) >= 11 is 0. The zero-order valence-electron chi connectivity index (χ0n) is 25.1. The molecule has 0 aliphatic heterocycles. The molecule has 0 saturated heterocycles. The summed E-state index contributed by atoms with van der Waals surface area (Å²) in [7, 11) is -1.23. The van der Waals surface area contributed by atoms with Gasteiger partial charge in [-0.05, 0) is 54.4 Å². The summed E-state index contributed by atoms with van der Waals surface area (Å²) in [6.07, 6.45) is -4.93. The zero-order chi connectivity index (χ0) is 34.4. The first-order valence-electron chi connectivity index (χ1n) is 13.7. The maximum absolute atomic E-state index is 15.5. The third kappa shape index (κ3) is 6.87. The highest BCUT2D eigenvalue weighted by Crippen LogP contribution is 2.59. The molecule has 0 aromatic heterocycles. The van der Waals surface area contributed by atoms with Crippen LogP contribution in [0.4, 0.5) is 52.7 Å². The topological polar surface area (TPSA) is 9.23 Å². The molecule has 0 unspecified atom stereocenters. The second kappa shape index (κ2) is 13.2. The molecule has 1 nitrogen and oxygen atoms in total. The van der Waals surface area contributed by atoms with E-state index < -0.39 is 107 Å². The van der Waals surface area contributed by atoms with E-state index in [1.165, 1.54) is 0 Å². The Hall–Kier alpha value is -2.73. The van der Waals surface area contributed by atoms with Crippen LogP contribution in [0.2, 0.25) is 0 Å². The minimum Gasteiger partial charge on any atom is -0.579 e. The molecule has 0 radical (unpaired) electrons. The summed E-state index contributed by atoms with van der Waals surface area (Å²) < 4.78 is 186. The highest BCUT2D eigenvalue weighted by molar-refractivity contribution is 7.60. The summed E-state index contributed by atoms with van der Waals surface area (Å²) in [4.78, 5) is 0. The van der Waals surface area contributed by atoms with Crippen molar-refractivity contribution >= 4 is 30.7 Å². The highest BCUT2D eigenvalue weighted by atomic mass is 31.1. The molecule has 0 N–H and O–H groups in total. The molecule has 3 aromatic rings. The Morgan fingerprint density at radius 2 is 0.756 bits per heavy atom. The monoisotopic (exact) mass is 676 g/mol. The van der Waals surface area contributed by atoms with E-state index in [1.807, 2.05) is 41.5 Å². The van der Waals surface area contributed by atoms with E-state index in [1.54, 1.807) is 0 Å². The molecular weight excluding hydrogens is 646 g/mol. The molecule has 0 spiro atoms. The Morgan fingerprint density at radius 1 is 0.489 bits per heavy atom. The van der Waals surface area contributed by atoms with Gasteiger partial charge in [0.1, 0.15) is 34.9 Å². The second-order valence-electron chi connectivity index (χ2n) is 12.7. The Kier molecular flexibility index (Phi) is 10.8. The maximum atomic E-state index is 15.5. The van der Waals surface area contributed by atoms with Crippen molar-refractivity contribution in [1.29, 1.82) is 0 Å². The average molecular weight is 676 g/mol. The van der Waals surface area contributed by atoms with Crippen LogP contribution in [0.3, 0.4) is 0 Å². The summed E-state index contributed by atoms with van der Waals surface area (Å²) in [5.74, 6) is -29.1. The second-order valence-corrected chi connectivity index (χ2v) is 17.2. The normalized spacial score (nSPS) is 12.9. The molecule has 0 bridgehead atoms. The first kappa shape index (κ1) is 36.7. The molecule has 15 heteroatoms. The molecule has 3 rings (SSSR count). The van der Waals surface area contributed by atoms with Gasteiger partial charge >= 0.3 is 0 Å². The molecule has 0 aliphatic carbocycles. The number of hydrogen-bond donors (Lipinski definition) is 0. The van der Waals surface area contributed by atoms with Crippen LogP contribution >= 0.6 is 7.92 Å². The SMILES string of the molecule is CC(C)(C)[PH+](CCCCO[B-](c1c(F)c(F)cc(F)c1F)(c1c(F)c(F)cc(F)c1F)c1c(F)c(F)cc(F)c1F)C(C)(C)C. The zero-order valence-corrected chi connectivity index (χ0v) is 26.1. The molecule has 3 aromatic carbocycles. The summed E-state index contributed by atoms with van der Waals surface area (Å²) in [6.45, 7) is 11.0. The van der Waals surface area contributed by atoms with Gasteiger partial charge in [-0.1, -0.05) is 16.4 Å². The third-order valence-corrected chi connectivity index (χ3v) is 12.1. The van der Waals surface area contributed by atoms with Gasteiger partial charge in [-0.2, -0.15) is 0 Å². The van der Waals surface area contributed by atoms with Crippen LogP contribution in [0, 0.1) is 69.8 Å². The number of benzene rings is 3. The van der Waals surface area contributed by atoms with Crippen LogP contribution in [-0.4, -0.2) is 29.4 Å². The van der Waals surface area contributed by atoms with Crippen LogP contribution in [0.25, 0.3) is 0 Å². The quantitative estimate of drug-likeness (QED) is 0.0736. The van der Waals surface area contributed by atoms with Gasteiger partial charge in [0.25, 0.3) is 0 Å². The number of hydrogen-bond acceptors (Lipinski definition) is 1. The Morgan fingerprint density at radius 3 is 1.00 bits per heavy atom. The van der Waals surface area contributed by atoms with Crippen LogP contribution in [0.1, 0.15) is 54.4 Å².